The lowest BCUT2D eigenvalue weighted by Gasteiger charge is -2.03. The first-order valence-electron chi connectivity index (χ1n) is 3.26. The zero-order chi connectivity index (χ0) is 9.56. The van der Waals surface area contributed by atoms with Gasteiger partial charge in [-0.15, -0.1) is 0 Å². The van der Waals surface area contributed by atoms with Crippen molar-refractivity contribution in [2.45, 2.75) is 18.9 Å². The minimum Gasteiger partial charge on any atom is -0.481 e. The van der Waals surface area contributed by atoms with E-state index in [9.17, 15) is 9.59 Å². The SMILES string of the molecule is NC=N[C@H](CCC(=O)O)C(=O)O. The van der Waals surface area contributed by atoms with Crippen LogP contribution >= 0.6 is 0 Å². The van der Waals surface area contributed by atoms with Crippen LogP contribution in [0.3, 0.4) is 0 Å². The van der Waals surface area contributed by atoms with Crippen LogP contribution in [0.15, 0.2) is 4.99 Å². The highest BCUT2D eigenvalue weighted by molar-refractivity contribution is 5.76. The zero-order valence-electron chi connectivity index (χ0n) is 6.30. The highest BCUT2D eigenvalue weighted by Crippen LogP contribution is 2.01. The monoisotopic (exact) mass is 174 g/mol. The van der Waals surface area contributed by atoms with Crippen LogP contribution in [0.2, 0.25) is 0 Å². The molecule has 4 N–H and O–H groups in total. The summed E-state index contributed by atoms with van der Waals surface area (Å²) in [4.78, 5) is 23.8. The average molecular weight is 174 g/mol. The molecule has 0 aliphatic rings. The van der Waals surface area contributed by atoms with Crippen LogP contribution in [0.4, 0.5) is 0 Å². The summed E-state index contributed by atoms with van der Waals surface area (Å²) in [5, 5.41) is 16.7. The molecule has 0 bridgehead atoms. The Morgan fingerprint density at radius 1 is 1.50 bits per heavy atom. The predicted molar refractivity (Wildman–Crippen MR) is 41.0 cm³/mol. The van der Waals surface area contributed by atoms with Gasteiger partial charge in [-0.1, -0.05) is 0 Å². The molecule has 68 valence electrons. The third kappa shape index (κ3) is 4.26. The second-order valence-electron chi connectivity index (χ2n) is 2.08. The maximum atomic E-state index is 10.3. The molecule has 12 heavy (non-hydrogen) atoms. The van der Waals surface area contributed by atoms with Crippen molar-refractivity contribution in [2.24, 2.45) is 10.7 Å². The molecular formula is C6H10N2O4. The largest absolute Gasteiger partial charge is 0.481 e. The fourth-order valence-corrected chi connectivity index (χ4v) is 0.626. The second kappa shape index (κ2) is 5.11. The molecule has 0 aromatic carbocycles. The molecule has 0 fully saturated rings. The molecule has 0 saturated carbocycles. The quantitative estimate of drug-likeness (QED) is 0.376. The number of carbonyl (C=O) groups is 2. The van der Waals surface area contributed by atoms with Gasteiger partial charge in [-0.3, -0.25) is 9.79 Å². The average Bonchev–Trinajstić information content (AvgIpc) is 1.96. The van der Waals surface area contributed by atoms with Crippen molar-refractivity contribution in [3.8, 4) is 0 Å². The molecule has 0 saturated heterocycles. The molecule has 0 unspecified atom stereocenters. The van der Waals surface area contributed by atoms with Gasteiger partial charge in [0, 0.05) is 6.42 Å². The van der Waals surface area contributed by atoms with Crippen molar-refractivity contribution < 1.29 is 19.8 Å². The normalized spacial score (nSPS) is 13.0. The van der Waals surface area contributed by atoms with Crippen molar-refractivity contribution in [1.29, 1.82) is 0 Å². The first-order chi connectivity index (χ1) is 5.57. The third-order valence-electron chi connectivity index (χ3n) is 1.18. The standard InChI is InChI=1S/C6H10N2O4/c7-3-8-4(6(11)12)1-2-5(9)10/h3-4H,1-2H2,(H2,7,8)(H,9,10)(H,11,12)/t4-/m1/s1. The van der Waals surface area contributed by atoms with Gasteiger partial charge in [0.05, 0.1) is 6.34 Å². The number of nitrogens with two attached hydrogens (primary N) is 1. The summed E-state index contributed by atoms with van der Waals surface area (Å²) >= 11 is 0. The molecule has 6 heteroatoms. The van der Waals surface area contributed by atoms with Crippen LogP contribution < -0.4 is 5.73 Å². The summed E-state index contributed by atoms with van der Waals surface area (Å²) in [6, 6.07) is -1.05. The van der Waals surface area contributed by atoms with Crippen LogP contribution in [0.25, 0.3) is 0 Å². The predicted octanol–water partition coefficient (Wildman–Crippen LogP) is -0.709. The van der Waals surface area contributed by atoms with Gasteiger partial charge in [0.1, 0.15) is 6.04 Å². The van der Waals surface area contributed by atoms with E-state index in [1.165, 1.54) is 0 Å². The molecule has 0 heterocycles. The summed E-state index contributed by atoms with van der Waals surface area (Å²) in [7, 11) is 0. The fourth-order valence-electron chi connectivity index (χ4n) is 0.626. The van der Waals surface area contributed by atoms with Crippen molar-refractivity contribution >= 4 is 18.3 Å². The number of carboxylic acid groups (broad SMARTS) is 2. The molecule has 0 aromatic heterocycles. The lowest BCUT2D eigenvalue weighted by atomic mass is 10.2. The van der Waals surface area contributed by atoms with E-state index >= 15 is 0 Å². The molecule has 1 atom stereocenters. The Balaban J connectivity index is 3.96. The number of carboxylic acids is 2. The molecule has 0 aromatic rings. The lowest BCUT2D eigenvalue weighted by molar-refractivity contribution is -0.139. The van der Waals surface area contributed by atoms with Gasteiger partial charge in [-0.25, -0.2) is 4.79 Å². The molecule has 0 rings (SSSR count). The van der Waals surface area contributed by atoms with Crippen LogP contribution in [0, 0.1) is 0 Å². The van der Waals surface area contributed by atoms with Crippen LogP contribution in [-0.4, -0.2) is 34.5 Å². The Hall–Kier alpha value is -1.59. The Morgan fingerprint density at radius 2 is 2.08 bits per heavy atom. The summed E-state index contributed by atoms with van der Waals surface area (Å²) < 4.78 is 0. The van der Waals surface area contributed by atoms with Crippen LogP contribution in [0.1, 0.15) is 12.8 Å². The van der Waals surface area contributed by atoms with Crippen molar-refractivity contribution in [3.05, 3.63) is 0 Å². The highest BCUT2D eigenvalue weighted by atomic mass is 16.4. The molecule has 0 spiro atoms. The molecular weight excluding hydrogens is 164 g/mol. The second-order valence-corrected chi connectivity index (χ2v) is 2.08. The van der Waals surface area contributed by atoms with Crippen LogP contribution in [-0.2, 0) is 9.59 Å². The summed E-state index contributed by atoms with van der Waals surface area (Å²) in [6.45, 7) is 0. The molecule has 6 nitrogen and oxygen atoms in total. The summed E-state index contributed by atoms with van der Waals surface area (Å²) in [5.41, 5.74) is 4.87. The van der Waals surface area contributed by atoms with E-state index in [0.717, 1.165) is 6.34 Å². The number of aliphatic imine (C=N–C) groups is 1. The third-order valence-corrected chi connectivity index (χ3v) is 1.18. The number of nitrogens with zero attached hydrogens (tertiary/aromatic N) is 1. The van der Waals surface area contributed by atoms with Crippen molar-refractivity contribution in [3.63, 3.8) is 0 Å². The first kappa shape index (κ1) is 10.4. The number of hydrogen-bond acceptors (Lipinski definition) is 3. The van der Waals surface area contributed by atoms with E-state index < -0.39 is 18.0 Å². The minimum atomic E-state index is -1.17. The Bertz CT molecular complexity index is 202. The molecule has 0 radical (unpaired) electrons. The van der Waals surface area contributed by atoms with E-state index in [1.807, 2.05) is 0 Å². The van der Waals surface area contributed by atoms with Gasteiger partial charge >= 0.3 is 11.9 Å². The van der Waals surface area contributed by atoms with Gasteiger partial charge in [0.25, 0.3) is 0 Å². The molecule has 0 aliphatic heterocycles. The summed E-state index contributed by atoms with van der Waals surface area (Å²) in [5.74, 6) is -2.22. The van der Waals surface area contributed by atoms with Crippen molar-refractivity contribution in [1.82, 2.24) is 0 Å². The zero-order valence-corrected chi connectivity index (χ0v) is 6.30. The van der Waals surface area contributed by atoms with Gasteiger partial charge in [0.2, 0.25) is 0 Å². The van der Waals surface area contributed by atoms with Gasteiger partial charge in [-0.2, -0.15) is 0 Å². The maximum Gasteiger partial charge on any atom is 0.328 e. The number of aliphatic carboxylic acids is 2. The van der Waals surface area contributed by atoms with E-state index in [4.69, 9.17) is 15.9 Å². The smallest absolute Gasteiger partial charge is 0.328 e. The Labute approximate surface area is 68.7 Å². The highest BCUT2D eigenvalue weighted by Gasteiger charge is 2.16. The van der Waals surface area contributed by atoms with Gasteiger partial charge in [0.15, 0.2) is 0 Å². The Kier molecular flexibility index (Phi) is 4.43. The number of rotatable bonds is 5. The molecule has 0 aliphatic carbocycles. The van der Waals surface area contributed by atoms with E-state index in [-0.39, 0.29) is 12.8 Å². The van der Waals surface area contributed by atoms with Crippen LogP contribution in [0.5, 0.6) is 0 Å². The lowest BCUT2D eigenvalue weighted by Crippen LogP contribution is -2.20. The van der Waals surface area contributed by atoms with E-state index in [1.54, 1.807) is 0 Å². The van der Waals surface area contributed by atoms with E-state index in [0.29, 0.717) is 0 Å². The first-order valence-corrected chi connectivity index (χ1v) is 3.26. The molecule has 0 amide bonds. The summed E-state index contributed by atoms with van der Waals surface area (Å²) in [6.07, 6.45) is 0.591. The Morgan fingerprint density at radius 3 is 2.42 bits per heavy atom. The number of hydrogen-bond donors (Lipinski definition) is 3. The minimum absolute atomic E-state index is 0.0433. The maximum absolute atomic E-state index is 10.3. The van der Waals surface area contributed by atoms with Crippen molar-refractivity contribution in [2.75, 3.05) is 0 Å². The van der Waals surface area contributed by atoms with E-state index in [2.05, 4.69) is 4.99 Å². The topological polar surface area (TPSA) is 113 Å². The van der Waals surface area contributed by atoms with Gasteiger partial charge in [-0.05, 0) is 6.42 Å². The fraction of sp³-hybridized carbons (Fsp3) is 0.500. The van der Waals surface area contributed by atoms with Gasteiger partial charge < -0.3 is 15.9 Å².